The summed E-state index contributed by atoms with van der Waals surface area (Å²) in [5, 5.41) is 19.0. The number of carboxylic acids is 1. The van der Waals surface area contributed by atoms with E-state index in [1.165, 1.54) is 17.4 Å². The van der Waals surface area contributed by atoms with Gasteiger partial charge in [-0.05, 0) is 23.6 Å². The second kappa shape index (κ2) is 4.04. The van der Waals surface area contributed by atoms with Crippen LogP contribution in [-0.4, -0.2) is 22.3 Å². The van der Waals surface area contributed by atoms with Crippen LogP contribution in [-0.2, 0) is 4.79 Å². The highest BCUT2D eigenvalue weighted by Crippen LogP contribution is 2.10. The first kappa shape index (κ1) is 8.96. The zero-order chi connectivity index (χ0) is 8.97. The molecule has 0 saturated carbocycles. The van der Waals surface area contributed by atoms with Gasteiger partial charge in [0.05, 0.1) is 0 Å². The van der Waals surface area contributed by atoms with Gasteiger partial charge >= 0.3 is 5.97 Å². The number of hydrogen-bond acceptors (Lipinski definition) is 3. The van der Waals surface area contributed by atoms with Gasteiger partial charge in [-0.15, -0.1) is 11.3 Å². The Morgan fingerprint density at radius 3 is 2.92 bits per heavy atom. The maximum Gasteiger partial charge on any atom is 0.336 e. The summed E-state index contributed by atoms with van der Waals surface area (Å²) >= 11 is 1.49. The van der Waals surface area contributed by atoms with E-state index in [4.69, 9.17) is 10.2 Å². The second-order valence-corrected chi connectivity index (χ2v) is 3.14. The molecule has 0 aromatic carbocycles. The average molecular weight is 184 g/mol. The first-order valence-electron chi connectivity index (χ1n) is 3.33. The molecule has 64 valence electrons. The zero-order valence-corrected chi connectivity index (χ0v) is 6.99. The van der Waals surface area contributed by atoms with Crippen LogP contribution in [0.2, 0.25) is 0 Å². The van der Waals surface area contributed by atoms with E-state index in [1.807, 2.05) is 17.5 Å². The molecule has 0 aliphatic carbocycles. The van der Waals surface area contributed by atoms with Gasteiger partial charge in [0, 0.05) is 4.88 Å². The van der Waals surface area contributed by atoms with E-state index >= 15 is 0 Å². The number of aliphatic carboxylic acids is 1. The van der Waals surface area contributed by atoms with E-state index in [-0.39, 0.29) is 0 Å². The highest BCUT2D eigenvalue weighted by molar-refractivity contribution is 7.10. The van der Waals surface area contributed by atoms with E-state index < -0.39 is 12.1 Å². The molecule has 0 spiro atoms. The molecule has 1 heterocycles. The lowest BCUT2D eigenvalue weighted by atomic mass is 10.3. The first-order valence-corrected chi connectivity index (χ1v) is 4.20. The van der Waals surface area contributed by atoms with Crippen LogP contribution in [0.4, 0.5) is 0 Å². The average Bonchev–Trinajstić information content (AvgIpc) is 2.51. The molecule has 4 heteroatoms. The minimum atomic E-state index is -1.41. The van der Waals surface area contributed by atoms with Crippen molar-refractivity contribution in [3.8, 4) is 0 Å². The molecule has 0 fully saturated rings. The van der Waals surface area contributed by atoms with E-state index in [0.29, 0.717) is 0 Å². The lowest BCUT2D eigenvalue weighted by Crippen LogP contribution is -2.15. The Hall–Kier alpha value is -1.13. The molecule has 2 N–H and O–H groups in total. The van der Waals surface area contributed by atoms with Crippen LogP contribution in [0.25, 0.3) is 6.08 Å². The molecule has 0 aliphatic rings. The van der Waals surface area contributed by atoms with Crippen LogP contribution < -0.4 is 0 Å². The topological polar surface area (TPSA) is 57.5 Å². The molecule has 1 unspecified atom stereocenters. The third kappa shape index (κ3) is 2.48. The Morgan fingerprint density at radius 1 is 1.67 bits per heavy atom. The summed E-state index contributed by atoms with van der Waals surface area (Å²) < 4.78 is 0. The third-order valence-electron chi connectivity index (χ3n) is 1.24. The van der Waals surface area contributed by atoms with Crippen molar-refractivity contribution < 1.29 is 15.0 Å². The summed E-state index contributed by atoms with van der Waals surface area (Å²) in [5.41, 5.74) is 0. The Balaban J connectivity index is 2.56. The molecular formula is C8H8O3S. The van der Waals surface area contributed by atoms with Crippen molar-refractivity contribution in [1.82, 2.24) is 0 Å². The zero-order valence-electron chi connectivity index (χ0n) is 6.18. The Morgan fingerprint density at radius 2 is 2.42 bits per heavy atom. The lowest BCUT2D eigenvalue weighted by molar-refractivity contribution is -0.143. The first-order chi connectivity index (χ1) is 5.70. The molecule has 12 heavy (non-hydrogen) atoms. The SMILES string of the molecule is O=C(O)C(O)/C=C/c1cccs1. The fraction of sp³-hybridized carbons (Fsp3) is 0.125. The predicted octanol–water partition coefficient (Wildman–Crippen LogP) is 1.21. The monoisotopic (exact) mass is 184 g/mol. The smallest absolute Gasteiger partial charge is 0.336 e. The van der Waals surface area contributed by atoms with Crippen LogP contribution in [0.5, 0.6) is 0 Å². The van der Waals surface area contributed by atoms with Gasteiger partial charge in [-0.3, -0.25) is 0 Å². The fourth-order valence-corrected chi connectivity index (χ4v) is 1.28. The highest BCUT2D eigenvalue weighted by Gasteiger charge is 2.07. The van der Waals surface area contributed by atoms with Crippen molar-refractivity contribution >= 4 is 23.4 Å². The standard InChI is InChI=1S/C8H8O3S/c9-7(8(10)11)4-3-6-2-1-5-12-6/h1-5,7,9H,(H,10,11)/b4-3+. The van der Waals surface area contributed by atoms with E-state index in [2.05, 4.69) is 0 Å². The number of aliphatic hydroxyl groups excluding tert-OH is 1. The van der Waals surface area contributed by atoms with Gasteiger partial charge in [-0.1, -0.05) is 6.07 Å². The molecular weight excluding hydrogens is 176 g/mol. The molecule has 0 amide bonds. The molecule has 1 atom stereocenters. The summed E-state index contributed by atoms with van der Waals surface area (Å²) in [6.07, 6.45) is 1.42. The Bertz CT molecular complexity index is 277. The van der Waals surface area contributed by atoms with Crippen molar-refractivity contribution in [3.05, 3.63) is 28.5 Å². The molecule has 0 saturated heterocycles. The predicted molar refractivity (Wildman–Crippen MR) is 47.0 cm³/mol. The van der Waals surface area contributed by atoms with Crippen LogP contribution in [0.3, 0.4) is 0 Å². The summed E-state index contributed by atoms with van der Waals surface area (Å²) in [4.78, 5) is 11.1. The lowest BCUT2D eigenvalue weighted by Gasteiger charge is -1.94. The van der Waals surface area contributed by atoms with E-state index in [0.717, 1.165) is 4.88 Å². The third-order valence-corrected chi connectivity index (χ3v) is 2.08. The van der Waals surface area contributed by atoms with Crippen molar-refractivity contribution in [1.29, 1.82) is 0 Å². The van der Waals surface area contributed by atoms with Gasteiger partial charge in [0.1, 0.15) is 0 Å². The van der Waals surface area contributed by atoms with Crippen molar-refractivity contribution in [2.75, 3.05) is 0 Å². The van der Waals surface area contributed by atoms with Crippen LogP contribution in [0.1, 0.15) is 4.88 Å². The molecule has 1 rings (SSSR count). The van der Waals surface area contributed by atoms with Crippen molar-refractivity contribution in [3.63, 3.8) is 0 Å². The van der Waals surface area contributed by atoms with Gasteiger partial charge in [-0.2, -0.15) is 0 Å². The molecule has 1 aromatic rings. The van der Waals surface area contributed by atoms with Crippen LogP contribution >= 0.6 is 11.3 Å². The summed E-state index contributed by atoms with van der Waals surface area (Å²) in [6, 6.07) is 3.70. The number of thiophene rings is 1. The normalized spacial score (nSPS) is 13.4. The van der Waals surface area contributed by atoms with Gasteiger partial charge in [-0.25, -0.2) is 4.79 Å². The summed E-state index contributed by atoms with van der Waals surface area (Å²) in [6.45, 7) is 0. The summed E-state index contributed by atoms with van der Waals surface area (Å²) in [7, 11) is 0. The molecule has 3 nitrogen and oxygen atoms in total. The molecule has 0 bridgehead atoms. The van der Waals surface area contributed by atoms with Crippen LogP contribution in [0, 0.1) is 0 Å². The van der Waals surface area contributed by atoms with Gasteiger partial charge in [0.15, 0.2) is 6.10 Å². The number of carbonyl (C=O) groups is 1. The minimum absolute atomic E-state index is 0.926. The number of aliphatic hydroxyl groups is 1. The molecule has 0 aliphatic heterocycles. The number of hydrogen-bond donors (Lipinski definition) is 2. The highest BCUT2D eigenvalue weighted by atomic mass is 32.1. The number of rotatable bonds is 3. The summed E-state index contributed by atoms with van der Waals surface area (Å²) in [5.74, 6) is -1.23. The van der Waals surface area contributed by atoms with Gasteiger partial charge in [0.25, 0.3) is 0 Å². The second-order valence-electron chi connectivity index (χ2n) is 2.16. The van der Waals surface area contributed by atoms with Crippen molar-refractivity contribution in [2.45, 2.75) is 6.10 Å². The van der Waals surface area contributed by atoms with Gasteiger partial charge < -0.3 is 10.2 Å². The quantitative estimate of drug-likeness (QED) is 0.742. The molecule has 1 aromatic heterocycles. The van der Waals surface area contributed by atoms with Gasteiger partial charge in [0.2, 0.25) is 0 Å². The Kier molecular flexibility index (Phi) is 3.01. The number of carboxylic acid groups (broad SMARTS) is 1. The maximum atomic E-state index is 10.2. The maximum absolute atomic E-state index is 10.2. The van der Waals surface area contributed by atoms with Crippen molar-refractivity contribution in [2.24, 2.45) is 0 Å². The largest absolute Gasteiger partial charge is 0.479 e. The minimum Gasteiger partial charge on any atom is -0.479 e. The molecule has 0 radical (unpaired) electrons. The van der Waals surface area contributed by atoms with E-state index in [1.54, 1.807) is 6.08 Å². The van der Waals surface area contributed by atoms with E-state index in [9.17, 15) is 4.79 Å². The van der Waals surface area contributed by atoms with Crippen LogP contribution in [0.15, 0.2) is 23.6 Å². The fourth-order valence-electron chi connectivity index (χ4n) is 0.654. The Labute approximate surface area is 73.6 Å².